The number of unbranched alkanes of at least 4 members (excludes halogenated alkanes) is 10. The predicted octanol–water partition coefficient (Wildman–Crippen LogP) is 6.56. The van der Waals surface area contributed by atoms with Gasteiger partial charge < -0.3 is 30.4 Å². The largest absolute Gasteiger partial charge is 0.481 e. The normalized spacial score (nSPS) is 15.5. The van der Waals surface area contributed by atoms with Gasteiger partial charge in [-0.25, -0.2) is 23.9 Å². The van der Waals surface area contributed by atoms with Gasteiger partial charge in [0, 0.05) is 12.8 Å². The van der Waals surface area contributed by atoms with Crippen LogP contribution in [0.25, 0.3) is 0 Å². The van der Waals surface area contributed by atoms with Gasteiger partial charge in [-0.15, -0.1) is 0 Å². The smallest absolute Gasteiger partial charge is 0.420 e. The molecule has 15 heteroatoms. The summed E-state index contributed by atoms with van der Waals surface area (Å²) in [5.41, 5.74) is 4.48. The minimum atomic E-state index is -1.29. The number of esters is 1. The number of ether oxygens (including phenoxy) is 3. The highest BCUT2D eigenvalue weighted by atomic mass is 16.6. The van der Waals surface area contributed by atoms with Crippen LogP contribution < -0.4 is 11.1 Å². The van der Waals surface area contributed by atoms with Crippen molar-refractivity contribution in [1.29, 1.82) is 0 Å². The van der Waals surface area contributed by atoms with Gasteiger partial charge in [0.15, 0.2) is 0 Å². The quantitative estimate of drug-likeness (QED) is 0.0655. The molecule has 3 amide bonds. The maximum absolute atomic E-state index is 14.0. The Kier molecular flexibility index (Phi) is 19.0. The van der Waals surface area contributed by atoms with E-state index in [9.17, 15) is 33.9 Å². The second-order valence-electron chi connectivity index (χ2n) is 16.2. The van der Waals surface area contributed by atoms with E-state index in [0.717, 1.165) is 24.2 Å². The highest BCUT2D eigenvalue weighted by molar-refractivity contribution is 5.90. The number of amides is 3. The fourth-order valence-corrected chi connectivity index (χ4v) is 6.21. The molecule has 0 spiro atoms. The number of carboxylic acids is 1. The first kappa shape index (κ1) is 46.0. The molecule has 0 bridgehead atoms. The molecule has 0 unspecified atom stereocenters. The molecule has 0 fully saturated rings. The molecule has 3 atom stereocenters. The Morgan fingerprint density at radius 3 is 1.94 bits per heavy atom. The van der Waals surface area contributed by atoms with Crippen LogP contribution in [-0.4, -0.2) is 84.9 Å². The zero-order valence-corrected chi connectivity index (χ0v) is 33.6. The zero-order chi connectivity index (χ0) is 40.5. The number of aliphatic carboxylic acids is 1. The minimum Gasteiger partial charge on any atom is -0.481 e. The molecule has 1 aliphatic rings. The molecule has 1 aromatic heterocycles. The Morgan fingerprint density at radius 2 is 1.41 bits per heavy atom. The lowest BCUT2D eigenvalue weighted by Gasteiger charge is -2.36. The summed E-state index contributed by atoms with van der Waals surface area (Å²) in [4.78, 5) is 82.8. The average molecular weight is 764 g/mol. The van der Waals surface area contributed by atoms with Gasteiger partial charge >= 0.3 is 24.1 Å². The van der Waals surface area contributed by atoms with Crippen molar-refractivity contribution in [2.75, 3.05) is 0 Å². The number of fused-ring (bicyclic) bond motifs is 1. The second-order valence-corrected chi connectivity index (χ2v) is 16.2. The summed E-state index contributed by atoms with van der Waals surface area (Å²) >= 11 is 0. The monoisotopic (exact) mass is 763 g/mol. The number of primary amides is 1. The van der Waals surface area contributed by atoms with E-state index in [1.165, 1.54) is 55.8 Å². The Balaban J connectivity index is 2.19. The Labute approximate surface area is 320 Å². The molecule has 1 aliphatic heterocycles. The second kappa shape index (κ2) is 22.3. The van der Waals surface area contributed by atoms with E-state index in [4.69, 9.17) is 19.9 Å². The van der Waals surface area contributed by atoms with E-state index < -0.39 is 65.3 Å². The number of carbonyl (C=O) groups excluding carboxylic acids is 5. The van der Waals surface area contributed by atoms with Gasteiger partial charge in [0.2, 0.25) is 11.8 Å². The van der Waals surface area contributed by atoms with E-state index in [-0.39, 0.29) is 38.6 Å². The molecule has 4 N–H and O–H groups in total. The average Bonchev–Trinajstić information content (AvgIpc) is 3.47. The number of nitrogens with zero attached hydrogens (tertiary/aromatic N) is 3. The molecule has 306 valence electrons. The molecule has 2 rings (SSSR count). The standard InChI is InChI=1S/C39H65N5O10/c1-8-9-10-11-12-13-14-15-16-17-18-20-27(23-32(40)45)52-35(49)28(21-19-22-33(46)47)42-34(48)30-24-29-31(25-43(30)36(50)53-38(2,3)4)44(26-41-29)37(51)54-39(5,6)7/h26-28,30H,8-25H2,1-7H3,(H2,40,45)(H,42,48)(H,46,47)/t27-,28-,30+/m0/s1. The molecule has 0 saturated carbocycles. The molecule has 0 aromatic carbocycles. The van der Waals surface area contributed by atoms with Gasteiger partial charge in [-0.1, -0.05) is 71.1 Å². The van der Waals surface area contributed by atoms with Gasteiger partial charge in [0.25, 0.3) is 0 Å². The third-order valence-electron chi connectivity index (χ3n) is 8.88. The first-order valence-corrected chi connectivity index (χ1v) is 19.6. The van der Waals surface area contributed by atoms with Gasteiger partial charge in [0.1, 0.15) is 35.7 Å². The third-order valence-corrected chi connectivity index (χ3v) is 8.88. The molecule has 0 aliphatic carbocycles. The molecular weight excluding hydrogens is 698 g/mol. The fourth-order valence-electron chi connectivity index (χ4n) is 6.21. The number of nitrogens with one attached hydrogen (secondary N) is 1. The number of imidazole rings is 1. The van der Waals surface area contributed by atoms with E-state index in [0.29, 0.717) is 24.2 Å². The molecule has 15 nitrogen and oxygen atoms in total. The SMILES string of the molecule is CCCCCCCCCCCCC[C@@H](CC(N)=O)OC(=O)[C@H](CCCC(=O)O)NC(=O)[C@H]1Cc2ncn(C(=O)OC(C)(C)C)c2CN1C(=O)OC(C)(C)C. The van der Waals surface area contributed by atoms with Crippen LogP contribution in [0.4, 0.5) is 9.59 Å². The molecule has 1 aromatic rings. The highest BCUT2D eigenvalue weighted by Crippen LogP contribution is 2.27. The van der Waals surface area contributed by atoms with Crippen molar-refractivity contribution >= 4 is 35.9 Å². The van der Waals surface area contributed by atoms with Crippen molar-refractivity contribution in [1.82, 2.24) is 19.8 Å². The van der Waals surface area contributed by atoms with Gasteiger partial charge in [-0.3, -0.25) is 19.3 Å². The fraction of sp³-hybridized carbons (Fsp3) is 0.769. The summed E-state index contributed by atoms with van der Waals surface area (Å²) in [5.74, 6) is -3.28. The number of aromatic nitrogens is 2. The van der Waals surface area contributed by atoms with E-state index in [1.807, 2.05) is 0 Å². The van der Waals surface area contributed by atoms with Gasteiger partial charge in [0.05, 0.1) is 24.4 Å². The Morgan fingerprint density at radius 1 is 0.852 bits per heavy atom. The molecule has 0 saturated heterocycles. The summed E-state index contributed by atoms with van der Waals surface area (Å²) in [6.07, 6.45) is 11.2. The number of nitrogens with two attached hydrogens (primary N) is 1. The molecule has 2 heterocycles. The van der Waals surface area contributed by atoms with Gasteiger partial charge in [-0.2, -0.15) is 0 Å². The maximum Gasteiger partial charge on any atom is 0.420 e. The van der Waals surface area contributed by atoms with Crippen LogP contribution in [0.3, 0.4) is 0 Å². The topological polar surface area (TPSA) is 209 Å². The van der Waals surface area contributed by atoms with Crippen molar-refractivity contribution in [3.63, 3.8) is 0 Å². The number of carboxylic acid groups (broad SMARTS) is 1. The first-order chi connectivity index (χ1) is 25.3. The lowest BCUT2D eigenvalue weighted by atomic mass is 10.0. The Hall–Kier alpha value is -4.17. The van der Waals surface area contributed by atoms with E-state index in [1.54, 1.807) is 41.5 Å². The lowest BCUT2D eigenvalue weighted by molar-refractivity contribution is -0.155. The van der Waals surface area contributed by atoms with Crippen molar-refractivity contribution < 1.29 is 48.1 Å². The number of hydrogen-bond donors (Lipinski definition) is 3. The van der Waals surface area contributed by atoms with Crippen LogP contribution >= 0.6 is 0 Å². The van der Waals surface area contributed by atoms with Crippen LogP contribution in [0.2, 0.25) is 0 Å². The van der Waals surface area contributed by atoms with Crippen LogP contribution in [0.5, 0.6) is 0 Å². The van der Waals surface area contributed by atoms with Crippen molar-refractivity contribution in [3.05, 3.63) is 17.7 Å². The zero-order valence-electron chi connectivity index (χ0n) is 33.6. The summed E-state index contributed by atoms with van der Waals surface area (Å²) in [7, 11) is 0. The van der Waals surface area contributed by atoms with Crippen LogP contribution in [0.15, 0.2) is 6.33 Å². The Bertz CT molecular complexity index is 1400. The van der Waals surface area contributed by atoms with E-state index in [2.05, 4.69) is 17.2 Å². The van der Waals surface area contributed by atoms with E-state index >= 15 is 0 Å². The predicted molar refractivity (Wildman–Crippen MR) is 201 cm³/mol. The number of hydrogen-bond acceptors (Lipinski definition) is 10. The highest BCUT2D eigenvalue weighted by Gasteiger charge is 2.41. The van der Waals surface area contributed by atoms with Crippen molar-refractivity contribution in [2.24, 2.45) is 5.73 Å². The third kappa shape index (κ3) is 17.3. The first-order valence-electron chi connectivity index (χ1n) is 19.6. The summed E-state index contributed by atoms with van der Waals surface area (Å²) in [5, 5.41) is 11.9. The molecular formula is C39H65N5O10. The summed E-state index contributed by atoms with van der Waals surface area (Å²) in [6.45, 7) is 12.2. The summed E-state index contributed by atoms with van der Waals surface area (Å²) in [6, 6.07) is -2.49. The minimum absolute atomic E-state index is 0.0410. The van der Waals surface area contributed by atoms with Crippen LogP contribution in [0.1, 0.15) is 163 Å². The van der Waals surface area contributed by atoms with Crippen LogP contribution in [-0.2, 0) is 46.4 Å². The lowest BCUT2D eigenvalue weighted by Crippen LogP contribution is -2.56. The van der Waals surface area contributed by atoms with Gasteiger partial charge in [-0.05, 0) is 67.2 Å². The van der Waals surface area contributed by atoms with Crippen molar-refractivity contribution in [2.45, 2.75) is 194 Å². The van der Waals surface area contributed by atoms with Crippen LogP contribution in [0, 0.1) is 0 Å². The number of rotatable bonds is 22. The molecule has 54 heavy (non-hydrogen) atoms. The molecule has 0 radical (unpaired) electrons. The summed E-state index contributed by atoms with van der Waals surface area (Å²) < 4.78 is 18.1. The maximum atomic E-state index is 14.0. The number of carbonyl (C=O) groups is 6. The van der Waals surface area contributed by atoms with Crippen molar-refractivity contribution in [3.8, 4) is 0 Å².